The van der Waals surface area contributed by atoms with Crippen LogP contribution >= 0.6 is 0 Å². The number of hydrogen-bond acceptors (Lipinski definition) is 2. The predicted molar refractivity (Wildman–Crippen MR) is 66.9 cm³/mol. The van der Waals surface area contributed by atoms with Gasteiger partial charge in [-0.15, -0.1) is 0 Å². The van der Waals surface area contributed by atoms with E-state index in [0.29, 0.717) is 0 Å². The highest BCUT2D eigenvalue weighted by molar-refractivity contribution is 5.66. The molecule has 1 aromatic carbocycles. The number of imidazole rings is 1. The van der Waals surface area contributed by atoms with E-state index in [1.165, 1.54) is 19.3 Å². The minimum absolute atomic E-state index is 0.815. The Morgan fingerprint density at radius 3 is 2.94 bits per heavy atom. The summed E-state index contributed by atoms with van der Waals surface area (Å²) in [6, 6.07) is 8.10. The van der Waals surface area contributed by atoms with Crippen molar-refractivity contribution < 1.29 is 4.74 Å². The molecule has 1 saturated carbocycles. The van der Waals surface area contributed by atoms with E-state index in [-0.39, 0.29) is 0 Å². The number of rotatable bonds is 5. The molecule has 1 aliphatic carbocycles. The number of H-pyrrole nitrogens is 1. The SMILES string of the molecule is c1ccc(-c2cnc[nH]2)c(OCCC2CC2)c1. The number of aromatic nitrogens is 2. The molecule has 3 rings (SSSR count). The van der Waals surface area contributed by atoms with Crippen LogP contribution in [0, 0.1) is 5.92 Å². The molecule has 17 heavy (non-hydrogen) atoms. The van der Waals surface area contributed by atoms with Gasteiger partial charge in [0.1, 0.15) is 5.75 Å². The third-order valence-electron chi connectivity index (χ3n) is 3.16. The molecular formula is C14H16N2O. The van der Waals surface area contributed by atoms with Gasteiger partial charge in [-0.25, -0.2) is 4.98 Å². The van der Waals surface area contributed by atoms with Crippen LogP contribution in [-0.2, 0) is 0 Å². The molecule has 3 heteroatoms. The molecule has 1 N–H and O–H groups in total. The lowest BCUT2D eigenvalue weighted by molar-refractivity contribution is 0.303. The number of benzene rings is 1. The molecule has 1 aromatic heterocycles. The van der Waals surface area contributed by atoms with Gasteiger partial charge < -0.3 is 9.72 Å². The Morgan fingerprint density at radius 1 is 1.29 bits per heavy atom. The zero-order chi connectivity index (χ0) is 11.5. The fourth-order valence-corrected chi connectivity index (χ4v) is 1.96. The van der Waals surface area contributed by atoms with E-state index in [1.54, 1.807) is 6.33 Å². The van der Waals surface area contributed by atoms with Gasteiger partial charge >= 0.3 is 0 Å². The normalized spacial score (nSPS) is 14.8. The number of ether oxygens (including phenoxy) is 1. The lowest BCUT2D eigenvalue weighted by Gasteiger charge is -2.09. The Hall–Kier alpha value is -1.77. The summed E-state index contributed by atoms with van der Waals surface area (Å²) in [7, 11) is 0. The molecule has 2 aromatic rings. The average molecular weight is 228 g/mol. The van der Waals surface area contributed by atoms with Gasteiger partial charge in [0, 0.05) is 5.56 Å². The number of nitrogens with zero attached hydrogens (tertiary/aromatic N) is 1. The number of aromatic amines is 1. The standard InChI is InChI=1S/C14H16N2O/c1-2-4-14(17-8-7-11-5-6-11)12(3-1)13-9-15-10-16-13/h1-4,9-11H,5-8H2,(H,15,16). The molecule has 3 nitrogen and oxygen atoms in total. The van der Waals surface area contributed by atoms with E-state index >= 15 is 0 Å². The Morgan fingerprint density at radius 2 is 2.18 bits per heavy atom. The van der Waals surface area contributed by atoms with Gasteiger partial charge in [0.15, 0.2) is 0 Å². The summed E-state index contributed by atoms with van der Waals surface area (Å²) in [5, 5.41) is 0. The number of hydrogen-bond donors (Lipinski definition) is 1. The average Bonchev–Trinajstić information content (AvgIpc) is 3.03. The van der Waals surface area contributed by atoms with Crippen molar-refractivity contribution in [3.8, 4) is 17.0 Å². The molecule has 0 aliphatic heterocycles. The smallest absolute Gasteiger partial charge is 0.128 e. The number of nitrogens with one attached hydrogen (secondary N) is 1. The van der Waals surface area contributed by atoms with Crippen molar-refractivity contribution in [2.45, 2.75) is 19.3 Å². The fraction of sp³-hybridized carbons (Fsp3) is 0.357. The van der Waals surface area contributed by atoms with E-state index in [0.717, 1.165) is 29.5 Å². The first-order chi connectivity index (χ1) is 8.43. The van der Waals surface area contributed by atoms with Crippen LogP contribution in [0.1, 0.15) is 19.3 Å². The summed E-state index contributed by atoms with van der Waals surface area (Å²) in [5.74, 6) is 1.85. The molecule has 1 fully saturated rings. The molecule has 0 amide bonds. The van der Waals surface area contributed by atoms with Gasteiger partial charge in [0.2, 0.25) is 0 Å². The first kappa shape index (κ1) is 10.4. The second-order valence-electron chi connectivity index (χ2n) is 4.54. The van der Waals surface area contributed by atoms with Crippen molar-refractivity contribution >= 4 is 0 Å². The Labute approximate surface area is 101 Å². The zero-order valence-electron chi connectivity index (χ0n) is 9.73. The van der Waals surface area contributed by atoms with Crippen LogP contribution in [0.3, 0.4) is 0 Å². The lowest BCUT2D eigenvalue weighted by atomic mass is 10.1. The van der Waals surface area contributed by atoms with E-state index in [2.05, 4.69) is 16.0 Å². The predicted octanol–water partition coefficient (Wildman–Crippen LogP) is 3.26. The van der Waals surface area contributed by atoms with Crippen molar-refractivity contribution in [1.29, 1.82) is 0 Å². The molecule has 0 saturated heterocycles. The fourth-order valence-electron chi connectivity index (χ4n) is 1.96. The van der Waals surface area contributed by atoms with Gasteiger partial charge in [-0.3, -0.25) is 0 Å². The molecule has 0 atom stereocenters. The van der Waals surface area contributed by atoms with Crippen LogP contribution in [0.4, 0.5) is 0 Å². The third-order valence-corrected chi connectivity index (χ3v) is 3.16. The minimum atomic E-state index is 0.815. The molecular weight excluding hydrogens is 212 g/mol. The lowest BCUT2D eigenvalue weighted by Crippen LogP contribution is -1.99. The van der Waals surface area contributed by atoms with Gasteiger partial charge in [-0.1, -0.05) is 25.0 Å². The Kier molecular flexibility index (Phi) is 2.82. The van der Waals surface area contributed by atoms with Crippen molar-refractivity contribution in [2.75, 3.05) is 6.61 Å². The molecule has 88 valence electrons. The van der Waals surface area contributed by atoms with Gasteiger partial charge in [-0.05, 0) is 24.5 Å². The monoisotopic (exact) mass is 228 g/mol. The summed E-state index contributed by atoms with van der Waals surface area (Å²) in [6.45, 7) is 0.815. The van der Waals surface area contributed by atoms with Crippen LogP contribution in [0.2, 0.25) is 0 Å². The molecule has 0 radical (unpaired) electrons. The second-order valence-corrected chi connectivity index (χ2v) is 4.54. The first-order valence-electron chi connectivity index (χ1n) is 6.14. The maximum atomic E-state index is 5.86. The van der Waals surface area contributed by atoms with E-state index < -0.39 is 0 Å². The van der Waals surface area contributed by atoms with Crippen LogP contribution in [0.15, 0.2) is 36.8 Å². The zero-order valence-corrected chi connectivity index (χ0v) is 9.73. The summed E-state index contributed by atoms with van der Waals surface area (Å²) in [5.41, 5.74) is 2.09. The number of para-hydroxylation sites is 1. The van der Waals surface area contributed by atoms with E-state index in [9.17, 15) is 0 Å². The minimum Gasteiger partial charge on any atom is -0.493 e. The summed E-state index contributed by atoms with van der Waals surface area (Å²) in [4.78, 5) is 7.16. The van der Waals surface area contributed by atoms with Gasteiger partial charge in [-0.2, -0.15) is 0 Å². The van der Waals surface area contributed by atoms with E-state index in [4.69, 9.17) is 4.74 Å². The van der Waals surface area contributed by atoms with Crippen molar-refractivity contribution in [3.05, 3.63) is 36.8 Å². The van der Waals surface area contributed by atoms with Gasteiger partial charge in [0.05, 0.1) is 24.8 Å². The first-order valence-corrected chi connectivity index (χ1v) is 6.14. The largest absolute Gasteiger partial charge is 0.493 e. The molecule has 0 unspecified atom stereocenters. The quantitative estimate of drug-likeness (QED) is 0.853. The van der Waals surface area contributed by atoms with Crippen molar-refractivity contribution in [1.82, 2.24) is 9.97 Å². The van der Waals surface area contributed by atoms with Gasteiger partial charge in [0.25, 0.3) is 0 Å². The highest BCUT2D eigenvalue weighted by Crippen LogP contribution is 2.33. The topological polar surface area (TPSA) is 37.9 Å². The summed E-state index contributed by atoms with van der Waals surface area (Å²) < 4.78 is 5.86. The maximum absolute atomic E-state index is 5.86. The summed E-state index contributed by atoms with van der Waals surface area (Å²) >= 11 is 0. The van der Waals surface area contributed by atoms with Crippen molar-refractivity contribution in [3.63, 3.8) is 0 Å². The summed E-state index contributed by atoms with van der Waals surface area (Å²) in [6.07, 6.45) is 7.45. The molecule has 0 spiro atoms. The highest BCUT2D eigenvalue weighted by atomic mass is 16.5. The Bertz CT molecular complexity index is 475. The molecule has 1 aliphatic rings. The molecule has 1 heterocycles. The second kappa shape index (κ2) is 4.62. The van der Waals surface area contributed by atoms with Crippen molar-refractivity contribution in [2.24, 2.45) is 5.92 Å². The van der Waals surface area contributed by atoms with Crippen LogP contribution in [-0.4, -0.2) is 16.6 Å². The third kappa shape index (κ3) is 2.49. The van der Waals surface area contributed by atoms with Crippen LogP contribution in [0.5, 0.6) is 5.75 Å². The highest BCUT2D eigenvalue weighted by Gasteiger charge is 2.20. The Balaban J connectivity index is 1.73. The molecule has 0 bridgehead atoms. The maximum Gasteiger partial charge on any atom is 0.128 e. The van der Waals surface area contributed by atoms with Crippen LogP contribution < -0.4 is 4.74 Å². The van der Waals surface area contributed by atoms with E-state index in [1.807, 2.05) is 24.4 Å². The van der Waals surface area contributed by atoms with Crippen LogP contribution in [0.25, 0.3) is 11.3 Å².